The Morgan fingerprint density at radius 3 is 2.39 bits per heavy atom. The lowest BCUT2D eigenvalue weighted by Crippen LogP contribution is -2.18. The molecule has 0 aliphatic carbocycles. The Labute approximate surface area is 169 Å². The van der Waals surface area contributed by atoms with Gasteiger partial charge in [0.15, 0.2) is 11.9 Å². The van der Waals surface area contributed by atoms with E-state index < -0.39 is 12.1 Å². The highest BCUT2D eigenvalue weighted by Crippen LogP contribution is 2.34. The lowest BCUT2D eigenvalue weighted by Gasteiger charge is -2.13. The molecule has 148 valence electrons. The summed E-state index contributed by atoms with van der Waals surface area (Å²) >= 11 is 2.76. The number of hydrogen-bond acceptors (Lipinski definition) is 7. The van der Waals surface area contributed by atoms with Crippen LogP contribution in [0.5, 0.6) is 0 Å². The molecule has 2 N–H and O–H groups in total. The Bertz CT molecular complexity index is 1160. The lowest BCUT2D eigenvalue weighted by atomic mass is 10.1. The number of anilines is 1. The Balaban J connectivity index is 1.92. The summed E-state index contributed by atoms with van der Waals surface area (Å²) in [5.74, 6) is -0.541. The zero-order valence-electron chi connectivity index (χ0n) is 16.5. The number of carbonyl (C=O) groups excluding carboxylic acids is 2. The number of carbonyl (C=O) groups is 2. The predicted molar refractivity (Wildman–Crippen MR) is 112 cm³/mol. The summed E-state index contributed by atoms with van der Waals surface area (Å²) in [7, 11) is 0. The van der Waals surface area contributed by atoms with Crippen molar-refractivity contribution in [2.24, 2.45) is 0 Å². The maximum Gasteiger partial charge on any atom is 0.342 e. The van der Waals surface area contributed by atoms with E-state index in [2.05, 4.69) is 15.3 Å². The van der Waals surface area contributed by atoms with Crippen LogP contribution in [-0.2, 0) is 9.53 Å². The van der Waals surface area contributed by atoms with Crippen LogP contribution in [0, 0.1) is 27.7 Å². The molecule has 1 atom stereocenters. The smallest absolute Gasteiger partial charge is 0.342 e. The number of esters is 1. The minimum atomic E-state index is -0.753. The molecule has 0 aliphatic rings. The second-order valence-electron chi connectivity index (χ2n) is 6.63. The summed E-state index contributed by atoms with van der Waals surface area (Å²) in [6, 6.07) is 0. The van der Waals surface area contributed by atoms with E-state index in [0.717, 1.165) is 20.9 Å². The third-order valence-corrected chi connectivity index (χ3v) is 6.83. The summed E-state index contributed by atoms with van der Waals surface area (Å²) in [5, 5.41) is 3.71. The number of H-pyrrole nitrogens is 1. The molecule has 28 heavy (non-hydrogen) atoms. The van der Waals surface area contributed by atoms with Gasteiger partial charge in [0.25, 0.3) is 5.56 Å². The molecule has 0 aliphatic heterocycles. The fourth-order valence-corrected chi connectivity index (χ4v) is 4.99. The van der Waals surface area contributed by atoms with Gasteiger partial charge in [-0.2, -0.15) is 0 Å². The second kappa shape index (κ2) is 7.48. The molecule has 0 radical (unpaired) electrons. The topological polar surface area (TPSA) is 101 Å². The average Bonchev–Trinajstić information content (AvgIpc) is 3.03. The molecule has 1 amide bonds. The van der Waals surface area contributed by atoms with E-state index in [-0.39, 0.29) is 17.3 Å². The van der Waals surface area contributed by atoms with Gasteiger partial charge in [-0.1, -0.05) is 0 Å². The van der Waals surface area contributed by atoms with E-state index in [4.69, 9.17) is 4.74 Å². The first-order chi connectivity index (χ1) is 13.1. The number of fused-ring (bicyclic) bond motifs is 1. The number of aromatic amines is 1. The van der Waals surface area contributed by atoms with Gasteiger partial charge in [-0.05, 0) is 45.7 Å². The number of amides is 1. The van der Waals surface area contributed by atoms with Gasteiger partial charge in [0, 0.05) is 16.7 Å². The summed E-state index contributed by atoms with van der Waals surface area (Å²) in [4.78, 5) is 46.5. The molecule has 3 heterocycles. The Kier molecular flexibility index (Phi) is 5.40. The van der Waals surface area contributed by atoms with E-state index in [1.54, 1.807) is 6.92 Å². The van der Waals surface area contributed by atoms with Crippen LogP contribution in [0.1, 0.15) is 57.0 Å². The highest BCUT2D eigenvalue weighted by Gasteiger charge is 2.25. The minimum absolute atomic E-state index is 0.244. The maximum atomic E-state index is 12.8. The molecule has 0 aromatic carbocycles. The first-order valence-electron chi connectivity index (χ1n) is 8.68. The van der Waals surface area contributed by atoms with Crippen molar-refractivity contribution in [2.75, 3.05) is 5.32 Å². The van der Waals surface area contributed by atoms with Crippen molar-refractivity contribution in [1.82, 2.24) is 9.97 Å². The van der Waals surface area contributed by atoms with Crippen molar-refractivity contribution in [1.29, 1.82) is 0 Å². The number of thiophene rings is 2. The van der Waals surface area contributed by atoms with Crippen LogP contribution in [0.4, 0.5) is 5.00 Å². The van der Waals surface area contributed by atoms with Gasteiger partial charge < -0.3 is 15.0 Å². The molecule has 0 unspecified atom stereocenters. The van der Waals surface area contributed by atoms with Gasteiger partial charge >= 0.3 is 5.97 Å². The van der Waals surface area contributed by atoms with Crippen LogP contribution in [0.3, 0.4) is 0 Å². The van der Waals surface area contributed by atoms with Gasteiger partial charge in [-0.15, -0.1) is 22.7 Å². The van der Waals surface area contributed by atoms with E-state index in [1.807, 2.05) is 27.7 Å². The van der Waals surface area contributed by atoms with Gasteiger partial charge in [-0.3, -0.25) is 9.59 Å². The first kappa shape index (κ1) is 20.2. The number of hydrogen-bond donors (Lipinski definition) is 2. The van der Waals surface area contributed by atoms with Crippen molar-refractivity contribution in [3.05, 3.63) is 42.6 Å². The van der Waals surface area contributed by atoms with Crippen LogP contribution < -0.4 is 10.9 Å². The molecule has 0 fully saturated rings. The van der Waals surface area contributed by atoms with Gasteiger partial charge in [-0.25, -0.2) is 9.78 Å². The Hall–Kier alpha value is -2.52. The molecule has 3 aromatic rings. The summed E-state index contributed by atoms with van der Waals surface area (Å²) in [6.45, 7) is 10.6. The standard InChI is InChI=1S/C19H21N3O4S2/c1-7-10(4)27-17-13(7)16(24)21-15(22-17)9(3)26-19(25)14-8(2)11(5)28-18(14)20-12(6)23/h9H,1-6H3,(H,20,23)(H,21,22,24)/t9-/m1/s1. The van der Waals surface area contributed by atoms with Crippen LogP contribution in [0.25, 0.3) is 10.2 Å². The number of rotatable bonds is 4. The second-order valence-corrected chi connectivity index (χ2v) is 9.06. The molecular formula is C19H21N3O4S2. The Morgan fingerprint density at radius 2 is 1.75 bits per heavy atom. The minimum Gasteiger partial charge on any atom is -0.451 e. The van der Waals surface area contributed by atoms with E-state index in [9.17, 15) is 14.4 Å². The highest BCUT2D eigenvalue weighted by atomic mass is 32.1. The van der Waals surface area contributed by atoms with Crippen molar-refractivity contribution >= 4 is 49.8 Å². The molecule has 7 nitrogen and oxygen atoms in total. The summed E-state index contributed by atoms with van der Waals surface area (Å²) in [5.41, 5.74) is 1.75. The lowest BCUT2D eigenvalue weighted by molar-refractivity contribution is -0.114. The summed E-state index contributed by atoms with van der Waals surface area (Å²) < 4.78 is 5.57. The van der Waals surface area contributed by atoms with Crippen LogP contribution >= 0.6 is 22.7 Å². The summed E-state index contributed by atoms with van der Waals surface area (Å²) in [6.07, 6.45) is -0.753. The zero-order chi connectivity index (χ0) is 20.7. The van der Waals surface area contributed by atoms with E-state index >= 15 is 0 Å². The van der Waals surface area contributed by atoms with Crippen LogP contribution in [0.15, 0.2) is 4.79 Å². The zero-order valence-corrected chi connectivity index (χ0v) is 18.1. The quantitative estimate of drug-likeness (QED) is 0.619. The molecular weight excluding hydrogens is 398 g/mol. The van der Waals surface area contributed by atoms with Crippen molar-refractivity contribution in [3.63, 3.8) is 0 Å². The number of aryl methyl sites for hydroxylation is 3. The fourth-order valence-electron chi connectivity index (χ4n) is 2.86. The third kappa shape index (κ3) is 3.59. The largest absolute Gasteiger partial charge is 0.451 e. The van der Waals surface area contributed by atoms with Crippen LogP contribution in [0.2, 0.25) is 0 Å². The molecule has 0 spiro atoms. The average molecular weight is 420 g/mol. The molecule has 3 aromatic heterocycles. The van der Waals surface area contributed by atoms with Crippen molar-refractivity contribution < 1.29 is 14.3 Å². The van der Waals surface area contributed by atoms with Crippen LogP contribution in [-0.4, -0.2) is 21.8 Å². The van der Waals surface area contributed by atoms with Gasteiger partial charge in [0.2, 0.25) is 5.91 Å². The fraction of sp³-hybridized carbons (Fsp3) is 0.368. The SMILES string of the molecule is CC(=O)Nc1sc(C)c(C)c1C(=O)O[C@H](C)c1nc2sc(C)c(C)c2c(=O)[nH]1. The van der Waals surface area contributed by atoms with Crippen molar-refractivity contribution in [3.8, 4) is 0 Å². The number of aromatic nitrogens is 2. The van der Waals surface area contributed by atoms with Gasteiger partial charge in [0.1, 0.15) is 9.83 Å². The number of ether oxygens (including phenoxy) is 1. The van der Waals surface area contributed by atoms with E-state index in [1.165, 1.54) is 29.6 Å². The monoisotopic (exact) mass is 419 g/mol. The Morgan fingerprint density at radius 1 is 1.11 bits per heavy atom. The predicted octanol–water partition coefficient (Wildman–Crippen LogP) is 4.16. The molecule has 0 bridgehead atoms. The normalized spacial score (nSPS) is 12.2. The van der Waals surface area contributed by atoms with E-state index in [0.29, 0.717) is 20.8 Å². The third-order valence-electron chi connectivity index (χ3n) is 4.61. The first-order valence-corrected chi connectivity index (χ1v) is 10.3. The highest BCUT2D eigenvalue weighted by molar-refractivity contribution is 7.18. The molecule has 0 saturated heterocycles. The number of nitrogens with zero attached hydrogens (tertiary/aromatic N) is 1. The molecule has 9 heteroatoms. The number of nitrogens with one attached hydrogen (secondary N) is 2. The maximum absolute atomic E-state index is 12.8. The molecule has 3 rings (SSSR count). The van der Waals surface area contributed by atoms with Gasteiger partial charge in [0.05, 0.1) is 10.9 Å². The molecule has 0 saturated carbocycles. The van der Waals surface area contributed by atoms with Crippen molar-refractivity contribution in [2.45, 2.75) is 47.6 Å².